The Morgan fingerprint density at radius 3 is 2.56 bits per heavy atom. The minimum absolute atomic E-state index is 0.0727. The van der Waals surface area contributed by atoms with E-state index in [1.807, 2.05) is 12.1 Å². The zero-order chi connectivity index (χ0) is 31.4. The Morgan fingerprint density at radius 1 is 1.14 bits per heavy atom. The number of carbonyl (C=O) groups excluding carboxylic acids is 1. The number of anilines is 1. The van der Waals surface area contributed by atoms with E-state index in [9.17, 15) is 33.4 Å². The van der Waals surface area contributed by atoms with Crippen molar-refractivity contribution in [1.29, 1.82) is 0 Å². The van der Waals surface area contributed by atoms with Crippen molar-refractivity contribution < 1.29 is 61.1 Å². The number of aliphatic hydroxyl groups is 1. The number of nitrogens with zero attached hydrogens (tertiary/aromatic N) is 4. The summed E-state index contributed by atoms with van der Waals surface area (Å²) in [6.07, 6.45) is 5.93. The molecule has 1 amide bonds. The predicted octanol–water partition coefficient (Wildman–Crippen LogP) is 0.772. The van der Waals surface area contributed by atoms with Crippen LogP contribution in [0.5, 0.6) is 0 Å². The van der Waals surface area contributed by atoms with Gasteiger partial charge in [0.1, 0.15) is 30.1 Å². The summed E-state index contributed by atoms with van der Waals surface area (Å²) in [5.41, 5.74) is 7.81. The lowest BCUT2D eigenvalue weighted by molar-refractivity contribution is -0.116. The van der Waals surface area contributed by atoms with Crippen LogP contribution in [0, 0.1) is 0 Å². The van der Waals surface area contributed by atoms with Gasteiger partial charge in [0.2, 0.25) is 5.91 Å². The Kier molecular flexibility index (Phi) is 10.3. The van der Waals surface area contributed by atoms with Gasteiger partial charge in [-0.3, -0.25) is 14.3 Å². The molecule has 1 saturated heterocycles. The van der Waals surface area contributed by atoms with Crippen LogP contribution in [0.2, 0.25) is 0 Å². The van der Waals surface area contributed by atoms with Crippen LogP contribution in [0.4, 0.5) is 5.82 Å². The van der Waals surface area contributed by atoms with Gasteiger partial charge in [-0.15, -0.1) is 0 Å². The number of hydrogen-bond acceptors (Lipinski definition) is 13. The highest BCUT2D eigenvalue weighted by atomic mass is 31.3. The molecule has 1 aliphatic rings. The molecule has 0 radical (unpaired) electrons. The molecule has 1 aliphatic heterocycles. The fourth-order valence-corrected chi connectivity index (χ4v) is 7.12. The lowest BCUT2D eigenvalue weighted by atomic mass is 10.2. The summed E-state index contributed by atoms with van der Waals surface area (Å²) in [6, 6.07) is 3.68. The molecule has 234 valence electrons. The number of hydrogen-bond donors (Lipinski definition) is 7. The van der Waals surface area contributed by atoms with Crippen molar-refractivity contribution >= 4 is 52.3 Å². The van der Waals surface area contributed by atoms with E-state index in [-0.39, 0.29) is 23.8 Å². The second-order valence-electron chi connectivity index (χ2n) is 9.00. The first-order valence-electron chi connectivity index (χ1n) is 12.2. The molecule has 0 aliphatic carbocycles. The summed E-state index contributed by atoms with van der Waals surface area (Å²) in [6.45, 7) is -0.458. The highest BCUT2D eigenvalue weighted by molar-refractivity contribution is 7.66. The van der Waals surface area contributed by atoms with Gasteiger partial charge in [0.25, 0.3) is 0 Å². The van der Waals surface area contributed by atoms with Gasteiger partial charge in [0, 0.05) is 43.2 Å². The molecule has 3 unspecified atom stereocenters. The van der Waals surface area contributed by atoms with Crippen molar-refractivity contribution in [2.75, 3.05) is 18.9 Å². The number of phosphoric ester groups is 1. The van der Waals surface area contributed by atoms with E-state index in [0.29, 0.717) is 23.9 Å². The van der Waals surface area contributed by atoms with Crippen molar-refractivity contribution in [3.05, 3.63) is 54.3 Å². The topological polar surface area (TPSA) is 288 Å². The number of phosphoric acid groups is 3. The van der Waals surface area contributed by atoms with E-state index in [0.717, 1.165) is 5.56 Å². The van der Waals surface area contributed by atoms with Crippen LogP contribution < -0.4 is 11.1 Å². The van der Waals surface area contributed by atoms with Gasteiger partial charge >= 0.3 is 23.5 Å². The monoisotopic (exact) mass is 664 g/mol. The van der Waals surface area contributed by atoms with Gasteiger partial charge in [0.05, 0.1) is 18.1 Å². The standard InChI is InChI=1S/C21H27N6O13P3/c22-20-19-14(1-2-17(29)24-8-5-13-3-6-23-7-4-13)10-27(21(19)26-12-25-20)18-9-15(28)16(38-18)11-37-42(33,34)40-43(35,36)39-41(30,31)32/h1-4,6-7,10,12,15-16,18,28H,5,8-9,11H2,(H,24,29)(H,33,34)(H,35,36)(H2,22,25,26)(H2,30,31,32)/b2-1+/t15?,16-,18-/m1/s1. The summed E-state index contributed by atoms with van der Waals surface area (Å²) in [5, 5.41) is 13.6. The lowest BCUT2D eigenvalue weighted by Crippen LogP contribution is -2.26. The molecular formula is C21H27N6O13P3. The zero-order valence-corrected chi connectivity index (χ0v) is 24.6. The van der Waals surface area contributed by atoms with Gasteiger partial charge in [-0.05, 0) is 30.2 Å². The molecular weight excluding hydrogens is 637 g/mol. The molecule has 3 aromatic rings. The second kappa shape index (κ2) is 13.4. The highest BCUT2D eigenvalue weighted by Gasteiger charge is 2.43. The molecule has 0 bridgehead atoms. The molecule has 0 spiro atoms. The van der Waals surface area contributed by atoms with Crippen LogP contribution in [0.15, 0.2) is 43.1 Å². The Labute approximate surface area is 242 Å². The van der Waals surface area contributed by atoms with Crippen LogP contribution in [-0.4, -0.2) is 75.5 Å². The largest absolute Gasteiger partial charge is 0.490 e. The second-order valence-corrected chi connectivity index (χ2v) is 13.4. The summed E-state index contributed by atoms with van der Waals surface area (Å²) >= 11 is 0. The van der Waals surface area contributed by atoms with E-state index < -0.39 is 48.5 Å². The van der Waals surface area contributed by atoms with E-state index in [1.165, 1.54) is 23.0 Å². The fraction of sp³-hybridized carbons (Fsp3) is 0.333. The quantitative estimate of drug-likeness (QED) is 0.0981. The van der Waals surface area contributed by atoms with Crippen LogP contribution in [0.25, 0.3) is 17.1 Å². The summed E-state index contributed by atoms with van der Waals surface area (Å²) < 4.78 is 53.5. The fourth-order valence-electron chi connectivity index (χ4n) is 4.09. The minimum atomic E-state index is -5.71. The smallest absolute Gasteiger partial charge is 0.390 e. The van der Waals surface area contributed by atoms with E-state index in [1.54, 1.807) is 18.6 Å². The Balaban J connectivity index is 1.42. The van der Waals surface area contributed by atoms with Gasteiger partial charge < -0.3 is 45.0 Å². The summed E-state index contributed by atoms with van der Waals surface area (Å²) in [4.78, 5) is 60.8. The summed E-state index contributed by atoms with van der Waals surface area (Å²) in [7, 11) is -16.7. The molecule has 0 aromatic carbocycles. The number of nitrogens with one attached hydrogen (secondary N) is 1. The Hall–Kier alpha value is -2.89. The predicted molar refractivity (Wildman–Crippen MR) is 146 cm³/mol. The van der Waals surface area contributed by atoms with E-state index in [4.69, 9.17) is 20.3 Å². The minimum Gasteiger partial charge on any atom is -0.390 e. The molecule has 1 fully saturated rings. The first kappa shape index (κ1) is 33.0. The van der Waals surface area contributed by atoms with Crippen molar-refractivity contribution in [1.82, 2.24) is 24.8 Å². The van der Waals surface area contributed by atoms with Crippen LogP contribution in [0.1, 0.15) is 23.8 Å². The van der Waals surface area contributed by atoms with Gasteiger partial charge in [-0.25, -0.2) is 23.7 Å². The average molecular weight is 664 g/mol. The van der Waals surface area contributed by atoms with E-state index in [2.05, 4.69) is 33.4 Å². The number of amides is 1. The third-order valence-electron chi connectivity index (χ3n) is 5.88. The molecule has 0 saturated carbocycles. The van der Waals surface area contributed by atoms with E-state index >= 15 is 0 Å². The number of aliphatic hydroxyl groups excluding tert-OH is 1. The van der Waals surface area contributed by atoms with Gasteiger partial charge in [-0.2, -0.15) is 8.62 Å². The molecule has 8 N–H and O–H groups in total. The maximum Gasteiger partial charge on any atom is 0.490 e. The number of nitrogen functional groups attached to an aromatic ring is 1. The maximum absolute atomic E-state index is 12.4. The Morgan fingerprint density at radius 2 is 1.86 bits per heavy atom. The van der Waals surface area contributed by atoms with Gasteiger partial charge in [0.15, 0.2) is 0 Å². The molecule has 4 rings (SSSR count). The number of fused-ring (bicyclic) bond motifs is 1. The van der Waals surface area contributed by atoms with Crippen molar-refractivity contribution in [3.63, 3.8) is 0 Å². The van der Waals surface area contributed by atoms with Crippen LogP contribution in [-0.2, 0) is 42.8 Å². The zero-order valence-electron chi connectivity index (χ0n) is 21.9. The van der Waals surface area contributed by atoms with Crippen molar-refractivity contribution in [2.45, 2.75) is 31.3 Å². The Bertz CT molecular complexity index is 1630. The van der Waals surface area contributed by atoms with Crippen LogP contribution >= 0.6 is 23.5 Å². The first-order valence-corrected chi connectivity index (χ1v) is 16.7. The molecule has 3 aromatic heterocycles. The lowest BCUT2D eigenvalue weighted by Gasteiger charge is -2.19. The molecule has 19 nitrogen and oxygen atoms in total. The number of carbonyl (C=O) groups is 1. The number of rotatable bonds is 13. The normalized spacial score (nSPS) is 22.0. The number of aromatic nitrogens is 4. The highest BCUT2D eigenvalue weighted by Crippen LogP contribution is 2.66. The SMILES string of the molecule is Nc1ncnc2c1c(/C=C/C(=O)NCCc1ccncc1)cn2[C@H]1CC(O)[C@@H](COP(=O)(O)OP(=O)(O)OP(=O)(O)O)O1. The van der Waals surface area contributed by atoms with Gasteiger partial charge in [-0.1, -0.05) is 0 Å². The number of ether oxygens (including phenoxy) is 1. The molecule has 4 heterocycles. The molecule has 5 atom stereocenters. The first-order chi connectivity index (χ1) is 20.1. The summed E-state index contributed by atoms with van der Waals surface area (Å²) in [5.74, 6) is -0.270. The maximum atomic E-state index is 12.4. The number of pyridine rings is 1. The molecule has 43 heavy (non-hydrogen) atoms. The van der Waals surface area contributed by atoms with Crippen molar-refractivity contribution in [3.8, 4) is 0 Å². The third-order valence-corrected chi connectivity index (χ3v) is 9.68. The number of nitrogens with two attached hydrogens (primary N) is 1. The third kappa shape index (κ3) is 9.30. The van der Waals surface area contributed by atoms with Crippen molar-refractivity contribution in [2.24, 2.45) is 0 Å². The average Bonchev–Trinajstić information content (AvgIpc) is 3.45. The van der Waals surface area contributed by atoms with Crippen LogP contribution in [0.3, 0.4) is 0 Å². The molecule has 22 heteroatoms.